The van der Waals surface area contributed by atoms with E-state index in [2.05, 4.69) is 10.4 Å². The number of aryl methyl sites for hydroxylation is 2. The van der Waals surface area contributed by atoms with Crippen LogP contribution in [-0.2, 0) is 13.6 Å². The fourth-order valence-corrected chi connectivity index (χ4v) is 1.72. The Morgan fingerprint density at radius 3 is 2.83 bits per heavy atom. The molecule has 0 aliphatic rings. The predicted molar refractivity (Wildman–Crippen MR) is 65.5 cm³/mol. The van der Waals surface area contributed by atoms with Crippen LogP contribution in [0, 0.1) is 12.7 Å². The van der Waals surface area contributed by atoms with E-state index < -0.39 is 0 Å². The van der Waals surface area contributed by atoms with Crippen LogP contribution in [0.15, 0.2) is 30.5 Å². The van der Waals surface area contributed by atoms with Gasteiger partial charge in [0.25, 0.3) is 5.91 Å². The van der Waals surface area contributed by atoms with E-state index in [0.29, 0.717) is 17.7 Å². The first-order chi connectivity index (χ1) is 8.58. The maximum atomic E-state index is 12.9. The lowest BCUT2D eigenvalue weighted by Crippen LogP contribution is -2.24. The van der Waals surface area contributed by atoms with E-state index in [4.69, 9.17) is 0 Å². The molecule has 1 aromatic carbocycles. The van der Waals surface area contributed by atoms with Crippen molar-refractivity contribution in [1.82, 2.24) is 15.1 Å². The molecule has 1 amide bonds. The SMILES string of the molecule is Cc1cc(F)ccc1C(=O)NCc1ccnn1C. The molecule has 1 heterocycles. The molecular formula is C13H14FN3O. The van der Waals surface area contributed by atoms with Crippen molar-refractivity contribution in [1.29, 1.82) is 0 Å². The molecule has 0 unspecified atom stereocenters. The van der Waals surface area contributed by atoms with Crippen LogP contribution in [0.4, 0.5) is 4.39 Å². The summed E-state index contributed by atoms with van der Waals surface area (Å²) in [5.74, 6) is -0.551. The summed E-state index contributed by atoms with van der Waals surface area (Å²) in [6.45, 7) is 2.11. The van der Waals surface area contributed by atoms with Gasteiger partial charge in [0, 0.05) is 18.8 Å². The second kappa shape index (κ2) is 5.00. The maximum absolute atomic E-state index is 12.9. The molecule has 0 saturated carbocycles. The number of benzene rings is 1. The van der Waals surface area contributed by atoms with E-state index in [1.54, 1.807) is 17.8 Å². The highest BCUT2D eigenvalue weighted by Gasteiger charge is 2.09. The highest BCUT2D eigenvalue weighted by molar-refractivity contribution is 5.95. The lowest BCUT2D eigenvalue weighted by molar-refractivity contribution is 0.0949. The third kappa shape index (κ3) is 2.56. The van der Waals surface area contributed by atoms with Gasteiger partial charge in [-0.1, -0.05) is 0 Å². The molecular weight excluding hydrogens is 233 g/mol. The number of carbonyl (C=O) groups is 1. The van der Waals surface area contributed by atoms with Crippen LogP contribution in [-0.4, -0.2) is 15.7 Å². The summed E-state index contributed by atoms with van der Waals surface area (Å²) in [7, 11) is 1.81. The van der Waals surface area contributed by atoms with E-state index in [1.807, 2.05) is 13.1 Å². The van der Waals surface area contributed by atoms with Crippen molar-refractivity contribution in [2.75, 3.05) is 0 Å². The Morgan fingerprint density at radius 2 is 2.22 bits per heavy atom. The quantitative estimate of drug-likeness (QED) is 0.899. The normalized spacial score (nSPS) is 10.4. The molecule has 18 heavy (non-hydrogen) atoms. The third-order valence-corrected chi connectivity index (χ3v) is 2.79. The van der Waals surface area contributed by atoms with Gasteiger partial charge in [0.15, 0.2) is 0 Å². The van der Waals surface area contributed by atoms with Gasteiger partial charge >= 0.3 is 0 Å². The minimum absolute atomic E-state index is 0.214. The second-order valence-corrected chi connectivity index (χ2v) is 4.09. The zero-order valence-corrected chi connectivity index (χ0v) is 10.3. The highest BCUT2D eigenvalue weighted by atomic mass is 19.1. The summed E-state index contributed by atoms with van der Waals surface area (Å²) in [4.78, 5) is 11.9. The van der Waals surface area contributed by atoms with Gasteiger partial charge in [0.05, 0.1) is 12.2 Å². The zero-order valence-electron chi connectivity index (χ0n) is 10.3. The third-order valence-electron chi connectivity index (χ3n) is 2.79. The Balaban J connectivity index is 2.06. The number of rotatable bonds is 3. The minimum Gasteiger partial charge on any atom is -0.346 e. The molecule has 2 rings (SSSR count). The first-order valence-electron chi connectivity index (χ1n) is 5.59. The number of aromatic nitrogens is 2. The first kappa shape index (κ1) is 12.3. The molecule has 2 aromatic rings. The second-order valence-electron chi connectivity index (χ2n) is 4.09. The van der Waals surface area contributed by atoms with Crippen LogP contribution >= 0.6 is 0 Å². The summed E-state index contributed by atoms with van der Waals surface area (Å²) in [6, 6.07) is 5.95. The van der Waals surface area contributed by atoms with Crippen LogP contribution in [0.2, 0.25) is 0 Å². The van der Waals surface area contributed by atoms with E-state index in [0.717, 1.165) is 5.69 Å². The minimum atomic E-state index is -0.337. The highest BCUT2D eigenvalue weighted by Crippen LogP contribution is 2.10. The van der Waals surface area contributed by atoms with Crippen molar-refractivity contribution < 1.29 is 9.18 Å². The standard InChI is InChI=1S/C13H14FN3O/c1-9-7-10(14)3-4-12(9)13(18)15-8-11-5-6-16-17(11)2/h3-7H,8H2,1-2H3,(H,15,18). The number of amides is 1. The maximum Gasteiger partial charge on any atom is 0.251 e. The fraction of sp³-hybridized carbons (Fsp3) is 0.231. The van der Waals surface area contributed by atoms with Gasteiger partial charge in [-0.05, 0) is 36.8 Å². The molecule has 94 valence electrons. The molecule has 0 spiro atoms. The number of nitrogens with one attached hydrogen (secondary N) is 1. The van der Waals surface area contributed by atoms with E-state index in [9.17, 15) is 9.18 Å². The van der Waals surface area contributed by atoms with Crippen LogP contribution in [0.1, 0.15) is 21.6 Å². The van der Waals surface area contributed by atoms with Crippen LogP contribution in [0.3, 0.4) is 0 Å². The summed E-state index contributed by atoms with van der Waals surface area (Å²) in [6.07, 6.45) is 1.67. The summed E-state index contributed by atoms with van der Waals surface area (Å²) in [5.41, 5.74) is 2.01. The Labute approximate surface area is 104 Å². The molecule has 0 bridgehead atoms. The Kier molecular flexibility index (Phi) is 3.41. The molecule has 0 fully saturated rings. The van der Waals surface area contributed by atoms with Crippen LogP contribution in [0.5, 0.6) is 0 Å². The molecule has 5 heteroatoms. The van der Waals surface area contributed by atoms with Crippen molar-refractivity contribution in [3.8, 4) is 0 Å². The van der Waals surface area contributed by atoms with Gasteiger partial charge in [-0.25, -0.2) is 4.39 Å². The smallest absolute Gasteiger partial charge is 0.251 e. The van der Waals surface area contributed by atoms with Crippen LogP contribution in [0.25, 0.3) is 0 Å². The molecule has 1 aromatic heterocycles. The molecule has 0 saturated heterocycles. The van der Waals surface area contributed by atoms with Crippen molar-refractivity contribution in [2.45, 2.75) is 13.5 Å². The van der Waals surface area contributed by atoms with Crippen molar-refractivity contribution in [3.05, 3.63) is 53.1 Å². The number of halogens is 1. The van der Waals surface area contributed by atoms with Gasteiger partial charge in [-0.2, -0.15) is 5.10 Å². The largest absolute Gasteiger partial charge is 0.346 e. The fourth-order valence-electron chi connectivity index (χ4n) is 1.72. The predicted octanol–water partition coefficient (Wildman–Crippen LogP) is 1.80. The monoisotopic (exact) mass is 247 g/mol. The Morgan fingerprint density at radius 1 is 1.44 bits per heavy atom. The van der Waals surface area contributed by atoms with Gasteiger partial charge in [0.1, 0.15) is 5.82 Å². The topological polar surface area (TPSA) is 46.9 Å². The van der Waals surface area contributed by atoms with E-state index in [1.165, 1.54) is 18.2 Å². The van der Waals surface area contributed by atoms with Gasteiger partial charge in [-0.15, -0.1) is 0 Å². The van der Waals surface area contributed by atoms with E-state index >= 15 is 0 Å². The number of carbonyl (C=O) groups excluding carboxylic acids is 1. The molecule has 0 aliphatic carbocycles. The lowest BCUT2D eigenvalue weighted by atomic mass is 10.1. The average molecular weight is 247 g/mol. The van der Waals surface area contributed by atoms with Crippen molar-refractivity contribution in [3.63, 3.8) is 0 Å². The summed E-state index contributed by atoms with van der Waals surface area (Å²) in [5, 5.41) is 6.79. The molecule has 0 radical (unpaired) electrons. The zero-order chi connectivity index (χ0) is 13.1. The lowest BCUT2D eigenvalue weighted by Gasteiger charge is -2.08. The summed E-state index contributed by atoms with van der Waals surface area (Å²) >= 11 is 0. The number of nitrogens with zero attached hydrogens (tertiary/aromatic N) is 2. The number of hydrogen-bond acceptors (Lipinski definition) is 2. The van der Waals surface area contributed by atoms with Gasteiger partial charge in [0.2, 0.25) is 0 Å². The molecule has 0 aliphatic heterocycles. The first-order valence-corrected chi connectivity index (χ1v) is 5.59. The molecule has 0 atom stereocenters. The Hall–Kier alpha value is -2.17. The van der Waals surface area contributed by atoms with Gasteiger partial charge in [-0.3, -0.25) is 9.48 Å². The Bertz CT molecular complexity index is 577. The number of hydrogen-bond donors (Lipinski definition) is 1. The molecule has 1 N–H and O–H groups in total. The molecule has 4 nitrogen and oxygen atoms in total. The van der Waals surface area contributed by atoms with Gasteiger partial charge < -0.3 is 5.32 Å². The summed E-state index contributed by atoms with van der Waals surface area (Å²) < 4.78 is 14.6. The van der Waals surface area contributed by atoms with Crippen molar-refractivity contribution in [2.24, 2.45) is 7.05 Å². The van der Waals surface area contributed by atoms with Crippen molar-refractivity contribution >= 4 is 5.91 Å². The van der Waals surface area contributed by atoms with E-state index in [-0.39, 0.29) is 11.7 Å². The van der Waals surface area contributed by atoms with Crippen LogP contribution < -0.4 is 5.32 Å². The average Bonchev–Trinajstić information content (AvgIpc) is 2.72.